The Balaban J connectivity index is 1.98. The van der Waals surface area contributed by atoms with Crippen LogP contribution in [0.25, 0.3) is 0 Å². The lowest BCUT2D eigenvalue weighted by molar-refractivity contribution is -0.0937. The number of ether oxygens (including phenoxy) is 1. The van der Waals surface area contributed by atoms with Gasteiger partial charge in [-0.2, -0.15) is 0 Å². The van der Waals surface area contributed by atoms with Crippen molar-refractivity contribution >= 4 is 0 Å². The van der Waals surface area contributed by atoms with Gasteiger partial charge in [-0.1, -0.05) is 26.7 Å². The second-order valence-corrected chi connectivity index (χ2v) is 5.80. The van der Waals surface area contributed by atoms with E-state index in [1.165, 1.54) is 25.7 Å². The number of rotatable bonds is 4. The Morgan fingerprint density at radius 1 is 1.24 bits per heavy atom. The topological polar surface area (TPSA) is 38.5 Å². The van der Waals surface area contributed by atoms with Gasteiger partial charge in [-0.05, 0) is 25.7 Å². The van der Waals surface area contributed by atoms with Crippen molar-refractivity contribution in [3.63, 3.8) is 0 Å². The van der Waals surface area contributed by atoms with Crippen LogP contribution < -0.4 is 5.73 Å². The Kier molecular flexibility index (Phi) is 4.45. The third kappa shape index (κ3) is 3.01. The molecule has 17 heavy (non-hydrogen) atoms. The lowest BCUT2D eigenvalue weighted by Crippen LogP contribution is -2.59. The van der Waals surface area contributed by atoms with Crippen molar-refractivity contribution < 1.29 is 4.74 Å². The maximum Gasteiger partial charge on any atom is 0.0730 e. The molecule has 0 aromatic rings. The summed E-state index contributed by atoms with van der Waals surface area (Å²) >= 11 is 0. The zero-order valence-electron chi connectivity index (χ0n) is 11.5. The minimum absolute atomic E-state index is 0.000658. The fourth-order valence-corrected chi connectivity index (χ4v) is 3.25. The van der Waals surface area contributed by atoms with Crippen molar-refractivity contribution in [1.29, 1.82) is 0 Å². The minimum Gasteiger partial charge on any atom is -0.375 e. The number of hydrogen-bond acceptors (Lipinski definition) is 3. The molecular weight excluding hydrogens is 212 g/mol. The molecule has 0 aromatic carbocycles. The molecule has 3 heteroatoms. The number of nitrogens with zero attached hydrogens (tertiary/aromatic N) is 1. The smallest absolute Gasteiger partial charge is 0.0730 e. The quantitative estimate of drug-likeness (QED) is 0.818. The van der Waals surface area contributed by atoms with Gasteiger partial charge >= 0.3 is 0 Å². The zero-order valence-corrected chi connectivity index (χ0v) is 11.5. The Hall–Kier alpha value is -0.120. The normalized spacial score (nSPS) is 31.2. The second kappa shape index (κ2) is 5.68. The Morgan fingerprint density at radius 2 is 1.94 bits per heavy atom. The van der Waals surface area contributed by atoms with Crippen molar-refractivity contribution in [3.8, 4) is 0 Å². The third-order valence-electron chi connectivity index (χ3n) is 4.77. The van der Waals surface area contributed by atoms with Crippen LogP contribution in [-0.4, -0.2) is 42.3 Å². The fourth-order valence-electron chi connectivity index (χ4n) is 3.25. The molecule has 0 aromatic heterocycles. The Morgan fingerprint density at radius 3 is 2.65 bits per heavy atom. The standard InChI is InChI=1S/C14H28N2O/c1-3-14(15,4-2)11-16-9-10-17-13-8-6-5-7-12(13)16/h12-13H,3-11,15H2,1-2H3. The van der Waals surface area contributed by atoms with E-state index < -0.39 is 0 Å². The lowest BCUT2D eigenvalue weighted by Gasteiger charge is -2.46. The highest BCUT2D eigenvalue weighted by molar-refractivity contribution is 4.93. The summed E-state index contributed by atoms with van der Waals surface area (Å²) in [7, 11) is 0. The van der Waals surface area contributed by atoms with E-state index in [0.717, 1.165) is 32.5 Å². The molecule has 0 bridgehead atoms. The van der Waals surface area contributed by atoms with Gasteiger partial charge in [-0.3, -0.25) is 4.90 Å². The summed E-state index contributed by atoms with van der Waals surface area (Å²) in [6.45, 7) is 7.43. The third-order valence-corrected chi connectivity index (χ3v) is 4.77. The van der Waals surface area contributed by atoms with E-state index in [4.69, 9.17) is 10.5 Å². The highest BCUT2D eigenvalue weighted by atomic mass is 16.5. The summed E-state index contributed by atoms with van der Waals surface area (Å²) in [4.78, 5) is 2.61. The first-order chi connectivity index (χ1) is 8.18. The van der Waals surface area contributed by atoms with Crippen LogP contribution >= 0.6 is 0 Å². The van der Waals surface area contributed by atoms with E-state index in [2.05, 4.69) is 18.7 Å². The van der Waals surface area contributed by atoms with Gasteiger partial charge in [-0.25, -0.2) is 0 Å². The number of morpholine rings is 1. The van der Waals surface area contributed by atoms with Gasteiger partial charge in [-0.15, -0.1) is 0 Å². The summed E-state index contributed by atoms with van der Waals surface area (Å²) in [5, 5.41) is 0. The molecule has 0 spiro atoms. The minimum atomic E-state index is -0.000658. The van der Waals surface area contributed by atoms with Gasteiger partial charge in [0.2, 0.25) is 0 Å². The number of hydrogen-bond donors (Lipinski definition) is 1. The summed E-state index contributed by atoms with van der Waals surface area (Å²) in [6.07, 6.45) is 7.86. The van der Waals surface area contributed by atoms with Crippen LogP contribution in [0.5, 0.6) is 0 Å². The monoisotopic (exact) mass is 240 g/mol. The maximum absolute atomic E-state index is 6.47. The highest BCUT2D eigenvalue weighted by Crippen LogP contribution is 2.29. The zero-order chi connectivity index (χ0) is 12.3. The number of nitrogens with two attached hydrogens (primary N) is 1. The van der Waals surface area contributed by atoms with Crippen molar-refractivity contribution in [2.45, 2.75) is 70.1 Å². The fraction of sp³-hybridized carbons (Fsp3) is 1.00. The molecule has 0 amide bonds. The van der Waals surface area contributed by atoms with Gasteiger partial charge in [0, 0.05) is 24.7 Å². The van der Waals surface area contributed by atoms with Crippen molar-refractivity contribution in [3.05, 3.63) is 0 Å². The first-order valence-corrected chi connectivity index (χ1v) is 7.33. The molecule has 2 unspecified atom stereocenters. The van der Waals surface area contributed by atoms with Gasteiger partial charge in [0.05, 0.1) is 12.7 Å². The first kappa shape index (κ1) is 13.3. The maximum atomic E-state index is 6.47. The van der Waals surface area contributed by atoms with Gasteiger partial charge in [0.25, 0.3) is 0 Å². The Labute approximate surface area is 106 Å². The summed E-state index contributed by atoms with van der Waals surface area (Å²) in [5.41, 5.74) is 6.47. The summed E-state index contributed by atoms with van der Waals surface area (Å²) < 4.78 is 5.91. The molecule has 1 saturated carbocycles. The van der Waals surface area contributed by atoms with Crippen LogP contribution in [0.15, 0.2) is 0 Å². The van der Waals surface area contributed by atoms with Crippen molar-refractivity contribution in [2.75, 3.05) is 19.7 Å². The average molecular weight is 240 g/mol. The predicted octanol–water partition coefficient (Wildman–Crippen LogP) is 2.15. The molecule has 2 atom stereocenters. The molecule has 1 aliphatic carbocycles. The molecule has 1 saturated heterocycles. The van der Waals surface area contributed by atoms with Crippen molar-refractivity contribution in [2.24, 2.45) is 5.73 Å². The molecular formula is C14H28N2O. The Bertz CT molecular complexity index is 238. The van der Waals surface area contributed by atoms with Crippen LogP contribution in [0.1, 0.15) is 52.4 Å². The molecule has 100 valence electrons. The number of fused-ring (bicyclic) bond motifs is 1. The van der Waals surface area contributed by atoms with Crippen LogP contribution in [0.2, 0.25) is 0 Å². The lowest BCUT2D eigenvalue weighted by atomic mass is 9.87. The van der Waals surface area contributed by atoms with E-state index in [0.29, 0.717) is 12.1 Å². The van der Waals surface area contributed by atoms with E-state index in [9.17, 15) is 0 Å². The average Bonchev–Trinajstić information content (AvgIpc) is 2.39. The molecule has 2 rings (SSSR count). The summed E-state index contributed by atoms with van der Waals surface area (Å²) in [5.74, 6) is 0. The molecule has 2 N–H and O–H groups in total. The van der Waals surface area contributed by atoms with Gasteiger partial charge < -0.3 is 10.5 Å². The second-order valence-electron chi connectivity index (χ2n) is 5.80. The van der Waals surface area contributed by atoms with Gasteiger partial charge in [0.1, 0.15) is 0 Å². The van der Waals surface area contributed by atoms with Crippen LogP contribution in [0.3, 0.4) is 0 Å². The van der Waals surface area contributed by atoms with Crippen LogP contribution in [0, 0.1) is 0 Å². The first-order valence-electron chi connectivity index (χ1n) is 7.33. The molecule has 1 heterocycles. The van der Waals surface area contributed by atoms with E-state index >= 15 is 0 Å². The molecule has 0 radical (unpaired) electrons. The van der Waals surface area contributed by atoms with E-state index in [1.54, 1.807) is 0 Å². The summed E-state index contributed by atoms with van der Waals surface area (Å²) in [6, 6.07) is 0.638. The van der Waals surface area contributed by atoms with Crippen LogP contribution in [-0.2, 0) is 4.74 Å². The predicted molar refractivity (Wildman–Crippen MR) is 71.1 cm³/mol. The molecule has 2 fully saturated rings. The largest absolute Gasteiger partial charge is 0.375 e. The van der Waals surface area contributed by atoms with Gasteiger partial charge in [0.15, 0.2) is 0 Å². The van der Waals surface area contributed by atoms with E-state index in [1.807, 2.05) is 0 Å². The van der Waals surface area contributed by atoms with E-state index in [-0.39, 0.29) is 5.54 Å². The SMILES string of the molecule is CCC(N)(CC)CN1CCOC2CCCCC21. The van der Waals surface area contributed by atoms with Crippen LogP contribution in [0.4, 0.5) is 0 Å². The molecule has 1 aliphatic heterocycles. The molecule has 3 nitrogen and oxygen atoms in total. The molecule has 2 aliphatic rings. The van der Waals surface area contributed by atoms with Crippen molar-refractivity contribution in [1.82, 2.24) is 4.90 Å². The highest BCUT2D eigenvalue weighted by Gasteiger charge is 2.36.